The molecule has 166 valence electrons. The number of carbonyl (C=O) groups excluding carboxylic acids is 1. The topological polar surface area (TPSA) is 109 Å². The fourth-order valence-corrected chi connectivity index (χ4v) is 3.18. The summed E-state index contributed by atoms with van der Waals surface area (Å²) in [4.78, 5) is 46.0. The molecule has 0 aliphatic heterocycles. The highest BCUT2D eigenvalue weighted by Gasteiger charge is 2.20. The van der Waals surface area contributed by atoms with Gasteiger partial charge in [-0.2, -0.15) is 4.98 Å². The Morgan fingerprint density at radius 3 is 2.69 bits per heavy atom. The third-order valence-corrected chi connectivity index (χ3v) is 4.87. The van der Waals surface area contributed by atoms with Crippen molar-refractivity contribution in [2.75, 3.05) is 6.61 Å². The minimum Gasteiger partial charge on any atom is -0.464 e. The van der Waals surface area contributed by atoms with Gasteiger partial charge in [0.25, 0.3) is 5.56 Å². The van der Waals surface area contributed by atoms with Crippen molar-refractivity contribution in [3.05, 3.63) is 56.7 Å². The Bertz CT molecular complexity index is 1470. The van der Waals surface area contributed by atoms with Crippen molar-refractivity contribution in [3.63, 3.8) is 0 Å². The van der Waals surface area contributed by atoms with E-state index in [9.17, 15) is 23.2 Å². The fourth-order valence-electron chi connectivity index (χ4n) is 3.18. The van der Waals surface area contributed by atoms with Crippen LogP contribution in [0.15, 0.2) is 38.3 Å². The maximum atomic E-state index is 14.1. The quantitative estimate of drug-likeness (QED) is 0.332. The predicted molar refractivity (Wildman–Crippen MR) is 110 cm³/mol. The van der Waals surface area contributed by atoms with Gasteiger partial charge in [0.05, 0.1) is 12.2 Å². The van der Waals surface area contributed by atoms with E-state index >= 15 is 0 Å². The van der Waals surface area contributed by atoms with Gasteiger partial charge in [-0.05, 0) is 18.6 Å². The monoisotopic (exact) mass is 444 g/mol. The summed E-state index contributed by atoms with van der Waals surface area (Å²) in [6.07, 6.45) is 1.49. The smallest absolute Gasteiger partial charge is 0.333 e. The number of hydrogen-bond acceptors (Lipinski definition) is 7. The van der Waals surface area contributed by atoms with Crippen LogP contribution < -0.4 is 11.2 Å². The van der Waals surface area contributed by atoms with Crippen LogP contribution >= 0.6 is 0 Å². The molecule has 0 fully saturated rings. The molecule has 0 amide bonds. The van der Waals surface area contributed by atoms with Gasteiger partial charge in [0, 0.05) is 19.2 Å². The minimum absolute atomic E-state index is 0.0172. The van der Waals surface area contributed by atoms with Gasteiger partial charge in [0.1, 0.15) is 29.5 Å². The van der Waals surface area contributed by atoms with Crippen molar-refractivity contribution >= 4 is 28.4 Å². The Morgan fingerprint density at radius 1 is 1.19 bits per heavy atom. The first-order valence-electron chi connectivity index (χ1n) is 9.82. The van der Waals surface area contributed by atoms with Crippen LogP contribution in [-0.2, 0) is 23.1 Å². The highest BCUT2D eigenvalue weighted by molar-refractivity contribution is 5.84. The van der Waals surface area contributed by atoms with E-state index in [4.69, 9.17) is 9.15 Å². The average molecular weight is 444 g/mol. The van der Waals surface area contributed by atoms with Crippen LogP contribution in [0.1, 0.15) is 19.8 Å². The van der Waals surface area contributed by atoms with Gasteiger partial charge in [-0.25, -0.2) is 23.1 Å². The number of furan rings is 1. The number of rotatable bonds is 6. The molecule has 0 bridgehead atoms. The van der Waals surface area contributed by atoms with Gasteiger partial charge in [-0.1, -0.05) is 13.3 Å². The molecule has 0 saturated heterocycles. The highest BCUT2D eigenvalue weighted by atomic mass is 19.1. The summed E-state index contributed by atoms with van der Waals surface area (Å²) in [5.41, 5.74) is -1.76. The van der Waals surface area contributed by atoms with E-state index < -0.39 is 35.4 Å². The van der Waals surface area contributed by atoms with Crippen LogP contribution in [0.25, 0.3) is 33.7 Å². The molecule has 1 aromatic carbocycles. The number of aryl methyl sites for hydroxylation is 1. The van der Waals surface area contributed by atoms with Gasteiger partial charge in [0.2, 0.25) is 5.71 Å². The van der Waals surface area contributed by atoms with Gasteiger partial charge in [-0.15, -0.1) is 0 Å². The number of carbonyl (C=O) groups is 1. The van der Waals surface area contributed by atoms with Crippen LogP contribution in [0.4, 0.5) is 8.78 Å². The molecule has 0 aliphatic carbocycles. The summed E-state index contributed by atoms with van der Waals surface area (Å²) in [7, 11) is 1.37. The van der Waals surface area contributed by atoms with Crippen LogP contribution in [0, 0.1) is 11.6 Å². The van der Waals surface area contributed by atoms with Gasteiger partial charge >= 0.3 is 11.7 Å². The SMILES string of the molecule is CCCCOC(=O)Cn1c(=O)c2nc3cc(-c4ccc(F)cc4F)oc3nc2n(C)c1=O. The Balaban J connectivity index is 1.81. The molecule has 0 unspecified atom stereocenters. The van der Waals surface area contributed by atoms with Crippen molar-refractivity contribution in [3.8, 4) is 11.3 Å². The molecule has 32 heavy (non-hydrogen) atoms. The molecular formula is C21H18F2N4O5. The van der Waals surface area contributed by atoms with Gasteiger partial charge in [-0.3, -0.25) is 14.2 Å². The lowest BCUT2D eigenvalue weighted by Gasteiger charge is -2.09. The van der Waals surface area contributed by atoms with E-state index in [1.807, 2.05) is 6.92 Å². The number of esters is 1. The third kappa shape index (κ3) is 3.77. The summed E-state index contributed by atoms with van der Waals surface area (Å²) in [6.45, 7) is 1.56. The van der Waals surface area contributed by atoms with Crippen LogP contribution in [0.2, 0.25) is 0 Å². The first-order chi connectivity index (χ1) is 15.3. The van der Waals surface area contributed by atoms with Crippen molar-refractivity contribution in [2.45, 2.75) is 26.3 Å². The van der Waals surface area contributed by atoms with Crippen molar-refractivity contribution in [1.29, 1.82) is 0 Å². The lowest BCUT2D eigenvalue weighted by Crippen LogP contribution is -2.41. The number of unbranched alkanes of at least 4 members (excludes halogenated alkanes) is 1. The molecule has 0 aliphatic rings. The largest absolute Gasteiger partial charge is 0.464 e. The van der Waals surface area contributed by atoms with E-state index in [0.29, 0.717) is 12.5 Å². The maximum Gasteiger partial charge on any atom is 0.333 e. The first-order valence-corrected chi connectivity index (χ1v) is 9.82. The fraction of sp³-hybridized carbons (Fsp3) is 0.286. The number of aromatic nitrogens is 4. The summed E-state index contributed by atoms with van der Waals surface area (Å²) in [5, 5.41) is 0. The van der Waals surface area contributed by atoms with Crippen molar-refractivity contribution in [1.82, 2.24) is 19.1 Å². The number of fused-ring (bicyclic) bond motifs is 2. The van der Waals surface area contributed by atoms with Crippen molar-refractivity contribution < 1.29 is 22.7 Å². The molecule has 11 heteroatoms. The molecule has 4 rings (SSSR count). The third-order valence-electron chi connectivity index (χ3n) is 4.87. The van der Waals surface area contributed by atoms with E-state index in [2.05, 4.69) is 9.97 Å². The molecule has 4 aromatic rings. The molecular weight excluding hydrogens is 426 g/mol. The molecule has 9 nitrogen and oxygen atoms in total. The first kappa shape index (κ1) is 21.3. The van der Waals surface area contributed by atoms with E-state index in [0.717, 1.165) is 21.6 Å². The Morgan fingerprint density at radius 2 is 1.97 bits per heavy atom. The molecule has 0 atom stereocenters. The number of ether oxygens (including phenoxy) is 1. The molecule has 3 aromatic heterocycles. The average Bonchev–Trinajstić information content (AvgIpc) is 3.17. The van der Waals surface area contributed by atoms with Gasteiger partial charge < -0.3 is 9.15 Å². The second-order valence-corrected chi connectivity index (χ2v) is 7.13. The molecule has 3 heterocycles. The predicted octanol–water partition coefficient (Wildman–Crippen LogP) is 2.52. The van der Waals surface area contributed by atoms with Crippen molar-refractivity contribution in [2.24, 2.45) is 7.05 Å². The molecule has 0 saturated carbocycles. The molecule has 0 radical (unpaired) electrons. The zero-order valence-electron chi connectivity index (χ0n) is 17.2. The second-order valence-electron chi connectivity index (χ2n) is 7.13. The lowest BCUT2D eigenvalue weighted by molar-refractivity contribution is -0.144. The highest BCUT2D eigenvalue weighted by Crippen LogP contribution is 2.28. The van der Waals surface area contributed by atoms with Crippen LogP contribution in [0.5, 0.6) is 0 Å². The Hall–Kier alpha value is -3.89. The number of benzene rings is 1. The number of halogens is 2. The Kier molecular flexibility index (Phi) is 5.56. The van der Waals surface area contributed by atoms with E-state index in [-0.39, 0.29) is 40.3 Å². The summed E-state index contributed by atoms with van der Waals surface area (Å²) >= 11 is 0. The lowest BCUT2D eigenvalue weighted by atomic mass is 10.1. The Labute approximate surface area is 178 Å². The van der Waals surface area contributed by atoms with Crippen LogP contribution in [-0.4, -0.2) is 31.7 Å². The summed E-state index contributed by atoms with van der Waals surface area (Å²) < 4.78 is 39.7. The van der Waals surface area contributed by atoms with Gasteiger partial charge in [0.15, 0.2) is 11.2 Å². The van der Waals surface area contributed by atoms with Crippen LogP contribution in [0.3, 0.4) is 0 Å². The zero-order chi connectivity index (χ0) is 23.0. The summed E-state index contributed by atoms with van der Waals surface area (Å²) in [6, 6.07) is 4.34. The number of nitrogens with zero attached hydrogens (tertiary/aromatic N) is 4. The standard InChI is InChI=1S/C21H18F2N4O5/c1-3-4-7-31-16(28)10-27-20(29)17-18(26(2)21(27)30)25-19-14(24-17)9-15(32-19)12-6-5-11(22)8-13(12)23/h5-6,8-9H,3-4,7,10H2,1-2H3. The molecule has 0 N–H and O–H groups in total. The number of hydrogen-bond donors (Lipinski definition) is 0. The normalized spacial score (nSPS) is 11.4. The maximum absolute atomic E-state index is 14.1. The second kappa shape index (κ2) is 8.33. The minimum atomic E-state index is -0.843. The summed E-state index contributed by atoms with van der Waals surface area (Å²) in [5.74, 6) is -2.28. The van der Waals surface area contributed by atoms with E-state index in [1.54, 1.807) is 0 Å². The molecule has 0 spiro atoms. The zero-order valence-corrected chi connectivity index (χ0v) is 17.2. The van der Waals surface area contributed by atoms with E-state index in [1.165, 1.54) is 19.2 Å².